The second-order valence-electron chi connectivity index (χ2n) is 0.947. The Morgan fingerprint density at radius 3 is 1.67 bits per heavy atom. The van der Waals surface area contributed by atoms with Gasteiger partial charge in [0.25, 0.3) is 0 Å². The normalized spacial score (nSPS) is 7.11. The number of hydrogen-bond donors (Lipinski definition) is 0. The lowest BCUT2D eigenvalue weighted by Gasteiger charge is -1.71. The molecule has 9 heavy (non-hydrogen) atoms. The summed E-state index contributed by atoms with van der Waals surface area (Å²) in [5.74, 6) is -0.912. The lowest BCUT2D eigenvalue weighted by atomic mass is 10.9. The van der Waals surface area contributed by atoms with Crippen LogP contribution in [0.5, 0.6) is 0 Å². The Morgan fingerprint density at radius 1 is 1.44 bits per heavy atom. The Kier molecular flexibility index (Phi) is 12.7. The average molecular weight is 144 g/mol. The Morgan fingerprint density at radius 2 is 1.67 bits per heavy atom. The van der Waals surface area contributed by atoms with Gasteiger partial charge >= 0.3 is 5.97 Å². The summed E-state index contributed by atoms with van der Waals surface area (Å²) in [6.07, 6.45) is 0. The van der Waals surface area contributed by atoms with E-state index in [1.165, 1.54) is 0 Å². The second kappa shape index (κ2) is 10.3. The summed E-state index contributed by atoms with van der Waals surface area (Å²) >= 11 is 0. The summed E-state index contributed by atoms with van der Waals surface area (Å²) in [5.41, 5.74) is 0. The number of halogens is 3. The van der Waals surface area contributed by atoms with Crippen LogP contribution in [0.2, 0.25) is 0 Å². The molecule has 56 valence electrons. The van der Waals surface area contributed by atoms with Gasteiger partial charge in [-0.05, 0) is 0 Å². The van der Waals surface area contributed by atoms with E-state index < -0.39 is 19.3 Å². The molecular weight excluding hydrogens is 137 g/mol. The van der Waals surface area contributed by atoms with Crippen molar-refractivity contribution in [2.24, 2.45) is 0 Å². The molecule has 0 aromatic rings. The average Bonchev–Trinajstić information content (AvgIpc) is 1.89. The van der Waals surface area contributed by atoms with Crippen LogP contribution in [-0.4, -0.2) is 19.3 Å². The van der Waals surface area contributed by atoms with Gasteiger partial charge < -0.3 is 0 Å². The molecule has 0 bridgehead atoms. The van der Waals surface area contributed by atoms with E-state index in [1.807, 2.05) is 0 Å². The lowest BCUT2D eigenvalue weighted by Crippen LogP contribution is -1.83. The van der Waals surface area contributed by atoms with E-state index in [2.05, 4.69) is 4.94 Å². The third-order valence-electron chi connectivity index (χ3n) is 0.180. The summed E-state index contributed by atoms with van der Waals surface area (Å²) in [5, 5.41) is 0. The van der Waals surface area contributed by atoms with Crippen LogP contribution in [0.1, 0.15) is 6.92 Å². The maximum atomic E-state index is 10.3. The van der Waals surface area contributed by atoms with Crippen LogP contribution in [0, 0.1) is 0 Å². The summed E-state index contributed by atoms with van der Waals surface area (Å²) in [6, 6.07) is 0. The SMILES string of the molecule is CC(=O)OF.FCCF. The quantitative estimate of drug-likeness (QED) is 0.555. The lowest BCUT2D eigenvalue weighted by molar-refractivity contribution is -0.180. The maximum absolute atomic E-state index is 10.3. The zero-order valence-corrected chi connectivity index (χ0v) is 4.86. The minimum atomic E-state index is -0.912. The van der Waals surface area contributed by atoms with Crippen LogP contribution >= 0.6 is 0 Å². The highest BCUT2D eigenvalue weighted by atomic mass is 19.3. The fourth-order valence-corrected chi connectivity index (χ4v) is 0. The highest BCUT2D eigenvalue weighted by Crippen LogP contribution is 1.69. The van der Waals surface area contributed by atoms with E-state index in [1.54, 1.807) is 0 Å². The Balaban J connectivity index is 0. The molecule has 0 saturated carbocycles. The van der Waals surface area contributed by atoms with Crippen LogP contribution in [0.15, 0.2) is 0 Å². The summed E-state index contributed by atoms with van der Waals surface area (Å²) in [4.78, 5) is 11.8. The van der Waals surface area contributed by atoms with Crippen molar-refractivity contribution in [3.8, 4) is 0 Å². The van der Waals surface area contributed by atoms with Crippen molar-refractivity contribution in [1.82, 2.24) is 0 Å². The van der Waals surface area contributed by atoms with Crippen LogP contribution < -0.4 is 0 Å². The molecule has 5 heteroatoms. The molecule has 0 heterocycles. The van der Waals surface area contributed by atoms with Crippen LogP contribution in [0.4, 0.5) is 13.3 Å². The number of rotatable bonds is 1. The molecular formula is C4H7F3O2. The van der Waals surface area contributed by atoms with Gasteiger partial charge in [0.1, 0.15) is 13.3 Å². The third-order valence-corrected chi connectivity index (χ3v) is 0.180. The molecule has 0 spiro atoms. The van der Waals surface area contributed by atoms with Gasteiger partial charge in [-0.2, -0.15) is 0 Å². The zero-order chi connectivity index (χ0) is 7.70. The van der Waals surface area contributed by atoms with Gasteiger partial charge in [0, 0.05) is 11.4 Å². The molecule has 0 aliphatic heterocycles. The van der Waals surface area contributed by atoms with Crippen LogP contribution in [0.25, 0.3) is 0 Å². The first-order valence-electron chi connectivity index (χ1n) is 2.10. The van der Waals surface area contributed by atoms with Gasteiger partial charge in [-0.3, -0.25) is 4.94 Å². The van der Waals surface area contributed by atoms with E-state index >= 15 is 0 Å². The summed E-state index contributed by atoms with van der Waals surface area (Å²) in [6.45, 7) is -0.708. The number of carbonyl (C=O) groups excluding carboxylic acids is 1. The fraction of sp³-hybridized carbons (Fsp3) is 0.750. The Labute approximate surface area is 50.5 Å². The van der Waals surface area contributed by atoms with Gasteiger partial charge in [-0.15, -0.1) is 0 Å². The first-order valence-corrected chi connectivity index (χ1v) is 2.10. The Hall–Kier alpha value is -0.740. The van der Waals surface area contributed by atoms with Crippen molar-refractivity contribution in [3.05, 3.63) is 0 Å². The smallest absolute Gasteiger partial charge is 0.255 e. The molecule has 0 unspecified atom stereocenters. The van der Waals surface area contributed by atoms with E-state index in [0.717, 1.165) is 6.92 Å². The van der Waals surface area contributed by atoms with E-state index in [0.29, 0.717) is 0 Å². The van der Waals surface area contributed by atoms with Crippen molar-refractivity contribution in [2.45, 2.75) is 6.92 Å². The second-order valence-corrected chi connectivity index (χ2v) is 0.947. The molecule has 0 radical (unpaired) electrons. The third kappa shape index (κ3) is 39.3. The van der Waals surface area contributed by atoms with E-state index in [4.69, 9.17) is 0 Å². The van der Waals surface area contributed by atoms with Crippen molar-refractivity contribution < 1.29 is 23.0 Å². The minimum absolute atomic E-state index is 0.847. The highest BCUT2D eigenvalue weighted by Gasteiger charge is 1.81. The molecule has 0 N–H and O–H groups in total. The molecule has 2 nitrogen and oxygen atoms in total. The summed E-state index contributed by atoms with van der Waals surface area (Å²) in [7, 11) is 0. The van der Waals surface area contributed by atoms with Gasteiger partial charge in [-0.1, -0.05) is 0 Å². The van der Waals surface area contributed by atoms with Crippen molar-refractivity contribution in [1.29, 1.82) is 0 Å². The molecule has 0 rings (SSSR count). The van der Waals surface area contributed by atoms with E-state index in [-0.39, 0.29) is 0 Å². The van der Waals surface area contributed by atoms with Gasteiger partial charge in [0.05, 0.1) is 0 Å². The van der Waals surface area contributed by atoms with E-state index in [9.17, 15) is 18.1 Å². The monoisotopic (exact) mass is 144 g/mol. The van der Waals surface area contributed by atoms with Crippen molar-refractivity contribution in [3.63, 3.8) is 0 Å². The predicted octanol–water partition coefficient (Wildman–Crippen LogP) is 1.36. The number of hydrogen-bond acceptors (Lipinski definition) is 2. The standard InChI is InChI=1S/C2H4F2.C2H3FO2/c3-1-2-4;1-2(4)5-3/h1-2H2;1H3. The van der Waals surface area contributed by atoms with Gasteiger partial charge in [0.15, 0.2) is 0 Å². The maximum Gasteiger partial charge on any atom is 0.345 e. The van der Waals surface area contributed by atoms with Crippen molar-refractivity contribution >= 4 is 5.97 Å². The molecule has 0 aromatic carbocycles. The number of carbonyl (C=O) groups is 1. The Bertz CT molecular complexity index is 64.8. The molecule has 0 aliphatic rings. The number of alkyl halides is 2. The fourth-order valence-electron chi connectivity index (χ4n) is 0. The molecule has 0 amide bonds. The van der Waals surface area contributed by atoms with Gasteiger partial charge in [-0.25, -0.2) is 13.6 Å². The first kappa shape index (κ1) is 11.1. The van der Waals surface area contributed by atoms with Crippen LogP contribution in [0.3, 0.4) is 0 Å². The minimum Gasteiger partial charge on any atom is -0.255 e. The first-order chi connectivity index (χ1) is 4.18. The van der Waals surface area contributed by atoms with Gasteiger partial charge in [0.2, 0.25) is 0 Å². The molecule has 0 atom stereocenters. The molecule has 0 aromatic heterocycles. The highest BCUT2D eigenvalue weighted by molar-refractivity contribution is 5.64. The molecule has 0 aliphatic carbocycles. The molecule has 0 fully saturated rings. The van der Waals surface area contributed by atoms with Crippen molar-refractivity contribution in [2.75, 3.05) is 13.3 Å². The molecule has 0 saturated heterocycles. The predicted molar refractivity (Wildman–Crippen MR) is 24.8 cm³/mol. The topological polar surface area (TPSA) is 26.3 Å². The largest absolute Gasteiger partial charge is 0.345 e. The van der Waals surface area contributed by atoms with Crippen LogP contribution in [-0.2, 0) is 9.74 Å². The zero-order valence-electron chi connectivity index (χ0n) is 4.86. The summed E-state index contributed by atoms with van der Waals surface area (Å²) < 4.78 is 31.0.